The van der Waals surface area contributed by atoms with Crippen molar-refractivity contribution in [2.75, 3.05) is 12.3 Å². The van der Waals surface area contributed by atoms with Crippen LogP contribution in [0.5, 0.6) is 0 Å². The molecule has 0 aliphatic rings. The highest BCUT2D eigenvalue weighted by Gasteiger charge is 2.11. The molecule has 0 aliphatic heterocycles. The van der Waals surface area contributed by atoms with Crippen LogP contribution in [-0.2, 0) is 10.1 Å². The topological polar surface area (TPSA) is 66.4 Å². The Morgan fingerprint density at radius 3 is 2.38 bits per heavy atom. The van der Waals surface area contributed by atoms with Crippen molar-refractivity contribution in [1.82, 2.24) is 5.32 Å². The van der Waals surface area contributed by atoms with Gasteiger partial charge in [0.1, 0.15) is 0 Å². The van der Waals surface area contributed by atoms with E-state index >= 15 is 0 Å². The van der Waals surface area contributed by atoms with Gasteiger partial charge >= 0.3 is 0 Å². The van der Waals surface area contributed by atoms with E-state index in [0.29, 0.717) is 13.0 Å². The SMILES string of the molecule is CC(C)(C)/C=C/[C@@H](NCCCS(=O)(=O)O)c1ccccc1. The molecule has 4 nitrogen and oxygen atoms in total. The van der Waals surface area contributed by atoms with Crippen LogP contribution < -0.4 is 5.32 Å². The maximum absolute atomic E-state index is 10.7. The van der Waals surface area contributed by atoms with Crippen LogP contribution in [-0.4, -0.2) is 25.3 Å². The average molecular weight is 311 g/mol. The zero-order valence-electron chi connectivity index (χ0n) is 12.9. The lowest BCUT2D eigenvalue weighted by molar-refractivity contribution is 0.478. The summed E-state index contributed by atoms with van der Waals surface area (Å²) in [5.41, 5.74) is 1.22. The third-order valence-corrected chi connectivity index (χ3v) is 3.70. The lowest BCUT2D eigenvalue weighted by Crippen LogP contribution is -2.23. The first-order valence-corrected chi connectivity index (χ1v) is 8.71. The van der Waals surface area contributed by atoms with Gasteiger partial charge in [-0.15, -0.1) is 0 Å². The molecule has 0 spiro atoms. The van der Waals surface area contributed by atoms with Gasteiger partial charge in [-0.1, -0.05) is 63.3 Å². The second-order valence-electron chi connectivity index (χ2n) is 6.21. The van der Waals surface area contributed by atoms with Crippen molar-refractivity contribution in [3.63, 3.8) is 0 Å². The monoisotopic (exact) mass is 311 g/mol. The van der Waals surface area contributed by atoms with Gasteiger partial charge in [-0.25, -0.2) is 0 Å². The molecule has 2 N–H and O–H groups in total. The van der Waals surface area contributed by atoms with E-state index in [0.717, 1.165) is 5.56 Å². The van der Waals surface area contributed by atoms with Crippen molar-refractivity contribution >= 4 is 10.1 Å². The molecule has 0 aromatic heterocycles. The minimum Gasteiger partial charge on any atom is -0.307 e. The van der Waals surface area contributed by atoms with E-state index in [1.165, 1.54) is 0 Å². The molecule has 1 aromatic rings. The Hall–Kier alpha value is -1.17. The molecule has 0 saturated carbocycles. The Morgan fingerprint density at radius 1 is 1.24 bits per heavy atom. The van der Waals surface area contributed by atoms with Crippen LogP contribution in [0.4, 0.5) is 0 Å². The molecule has 0 fully saturated rings. The Kier molecular flexibility index (Phi) is 6.58. The zero-order chi connectivity index (χ0) is 15.9. The van der Waals surface area contributed by atoms with Gasteiger partial charge in [-0.3, -0.25) is 4.55 Å². The van der Waals surface area contributed by atoms with Gasteiger partial charge in [-0.2, -0.15) is 8.42 Å². The van der Waals surface area contributed by atoms with Crippen LogP contribution in [0.25, 0.3) is 0 Å². The normalized spacial score (nSPS) is 14.5. The summed E-state index contributed by atoms with van der Waals surface area (Å²) in [5, 5.41) is 3.32. The van der Waals surface area contributed by atoms with E-state index in [1.807, 2.05) is 30.3 Å². The maximum atomic E-state index is 10.7. The van der Waals surface area contributed by atoms with Crippen LogP contribution in [0.3, 0.4) is 0 Å². The quantitative estimate of drug-likeness (QED) is 0.461. The predicted octanol–water partition coefficient (Wildman–Crippen LogP) is 3.20. The Bertz CT molecular complexity index is 545. The number of allylic oxidation sites excluding steroid dienone is 1. The molecule has 118 valence electrons. The van der Waals surface area contributed by atoms with E-state index in [9.17, 15) is 8.42 Å². The third kappa shape index (κ3) is 8.65. The summed E-state index contributed by atoms with van der Waals surface area (Å²) in [6, 6.07) is 10.0. The summed E-state index contributed by atoms with van der Waals surface area (Å²) in [4.78, 5) is 0. The minimum absolute atomic E-state index is 0.0341. The van der Waals surface area contributed by atoms with Gasteiger partial charge < -0.3 is 5.32 Å². The molecule has 0 amide bonds. The minimum atomic E-state index is -3.88. The smallest absolute Gasteiger partial charge is 0.264 e. The molecule has 0 unspecified atom stereocenters. The van der Waals surface area contributed by atoms with Crippen molar-refractivity contribution in [2.24, 2.45) is 5.41 Å². The van der Waals surface area contributed by atoms with Gasteiger partial charge in [0.2, 0.25) is 0 Å². The number of nitrogens with one attached hydrogen (secondary N) is 1. The van der Waals surface area contributed by atoms with Crippen LogP contribution in [0.15, 0.2) is 42.5 Å². The molecule has 0 heterocycles. The van der Waals surface area contributed by atoms with Crippen LogP contribution >= 0.6 is 0 Å². The van der Waals surface area contributed by atoms with E-state index in [-0.39, 0.29) is 17.2 Å². The fourth-order valence-corrected chi connectivity index (χ4v) is 2.36. The van der Waals surface area contributed by atoms with Crippen molar-refractivity contribution in [1.29, 1.82) is 0 Å². The van der Waals surface area contributed by atoms with Crippen LogP contribution in [0.1, 0.15) is 38.8 Å². The van der Waals surface area contributed by atoms with Crippen molar-refractivity contribution in [3.8, 4) is 0 Å². The first kappa shape index (κ1) is 17.9. The summed E-state index contributed by atoms with van der Waals surface area (Å²) < 4.78 is 30.2. The van der Waals surface area contributed by atoms with Gasteiger partial charge in [0.15, 0.2) is 0 Å². The second kappa shape index (κ2) is 7.73. The first-order valence-electron chi connectivity index (χ1n) is 7.10. The summed E-state index contributed by atoms with van der Waals surface area (Å²) in [7, 11) is -3.88. The van der Waals surface area contributed by atoms with Crippen LogP contribution in [0.2, 0.25) is 0 Å². The summed E-state index contributed by atoms with van der Waals surface area (Å²) in [6.07, 6.45) is 4.62. The Balaban J connectivity index is 2.68. The summed E-state index contributed by atoms with van der Waals surface area (Å²) in [5.74, 6) is -0.218. The van der Waals surface area contributed by atoms with Gasteiger partial charge in [0, 0.05) is 0 Å². The largest absolute Gasteiger partial charge is 0.307 e. The number of hydrogen-bond acceptors (Lipinski definition) is 3. The van der Waals surface area contributed by atoms with E-state index in [1.54, 1.807) is 0 Å². The summed E-state index contributed by atoms with van der Waals surface area (Å²) in [6.45, 7) is 6.91. The van der Waals surface area contributed by atoms with E-state index in [4.69, 9.17) is 4.55 Å². The fraction of sp³-hybridized carbons (Fsp3) is 0.500. The first-order chi connectivity index (χ1) is 9.67. The molecular formula is C16H25NO3S. The lowest BCUT2D eigenvalue weighted by atomic mass is 9.94. The molecule has 0 bridgehead atoms. The highest BCUT2D eigenvalue weighted by Crippen LogP contribution is 2.20. The fourth-order valence-electron chi connectivity index (χ4n) is 1.85. The Labute approximate surface area is 128 Å². The average Bonchev–Trinajstić information content (AvgIpc) is 2.36. The summed E-state index contributed by atoms with van der Waals surface area (Å²) >= 11 is 0. The zero-order valence-corrected chi connectivity index (χ0v) is 13.7. The highest BCUT2D eigenvalue weighted by molar-refractivity contribution is 7.85. The van der Waals surface area contributed by atoms with Crippen LogP contribution in [0, 0.1) is 5.41 Å². The number of benzene rings is 1. The molecule has 5 heteroatoms. The van der Waals surface area contributed by atoms with Gasteiger partial charge in [0.05, 0.1) is 11.8 Å². The number of rotatable bonds is 7. The molecule has 21 heavy (non-hydrogen) atoms. The predicted molar refractivity (Wildman–Crippen MR) is 86.8 cm³/mol. The molecule has 0 aliphatic carbocycles. The third-order valence-electron chi connectivity index (χ3n) is 2.89. The van der Waals surface area contributed by atoms with Crippen molar-refractivity contribution < 1.29 is 13.0 Å². The van der Waals surface area contributed by atoms with Crippen molar-refractivity contribution in [3.05, 3.63) is 48.0 Å². The standard InChI is InChI=1S/C16H25NO3S/c1-16(2,3)11-10-15(14-8-5-4-6-9-14)17-12-7-13-21(18,19)20/h4-6,8-11,15,17H,7,12-13H2,1-3H3,(H,18,19,20)/b11-10+/t15-/m1/s1. The lowest BCUT2D eigenvalue weighted by Gasteiger charge is -2.18. The number of hydrogen-bond donors (Lipinski definition) is 2. The highest BCUT2D eigenvalue weighted by atomic mass is 32.2. The maximum Gasteiger partial charge on any atom is 0.264 e. The van der Waals surface area contributed by atoms with E-state index in [2.05, 4.69) is 38.2 Å². The molecule has 1 atom stereocenters. The molecule has 0 saturated heterocycles. The molecule has 1 aromatic carbocycles. The van der Waals surface area contributed by atoms with Gasteiger partial charge in [-0.05, 0) is 23.9 Å². The molecule has 1 rings (SSSR count). The molecular weight excluding hydrogens is 286 g/mol. The molecule has 0 radical (unpaired) electrons. The van der Waals surface area contributed by atoms with Gasteiger partial charge in [0.25, 0.3) is 10.1 Å². The Morgan fingerprint density at radius 2 is 1.86 bits per heavy atom. The van der Waals surface area contributed by atoms with Crippen molar-refractivity contribution in [2.45, 2.75) is 33.2 Å². The van der Waals surface area contributed by atoms with E-state index < -0.39 is 10.1 Å². The second-order valence-corrected chi connectivity index (χ2v) is 7.78.